The van der Waals surface area contributed by atoms with E-state index in [1.807, 2.05) is 12.6 Å². The van der Waals surface area contributed by atoms with Gasteiger partial charge < -0.3 is 10.1 Å². The number of methoxy groups -OCH3 is 1. The lowest BCUT2D eigenvalue weighted by Gasteiger charge is -2.34. The van der Waals surface area contributed by atoms with Crippen molar-refractivity contribution in [2.75, 3.05) is 13.7 Å². The van der Waals surface area contributed by atoms with E-state index in [0.717, 1.165) is 18.5 Å². The smallest absolute Gasteiger partial charge is 0.0815 e. The van der Waals surface area contributed by atoms with E-state index >= 15 is 0 Å². The Kier molecular flexibility index (Phi) is 3.33. The number of nitrogens with one attached hydrogen (secondary N) is 1. The summed E-state index contributed by atoms with van der Waals surface area (Å²) in [6.45, 7) is 3.25. The highest BCUT2D eigenvalue weighted by atomic mass is 32.1. The second-order valence-electron chi connectivity index (χ2n) is 5.03. The fourth-order valence-corrected chi connectivity index (χ4v) is 3.34. The van der Waals surface area contributed by atoms with Gasteiger partial charge in [0.1, 0.15) is 0 Å². The van der Waals surface area contributed by atoms with E-state index in [4.69, 9.17) is 4.74 Å². The van der Waals surface area contributed by atoms with Gasteiger partial charge in [-0.2, -0.15) is 0 Å². The van der Waals surface area contributed by atoms with Crippen LogP contribution in [-0.2, 0) is 4.74 Å². The number of fused-ring (bicyclic) bond motifs is 1. The lowest BCUT2D eigenvalue weighted by atomic mass is 9.89. The van der Waals surface area contributed by atoms with Gasteiger partial charge in [-0.1, -0.05) is 13.0 Å². The van der Waals surface area contributed by atoms with Crippen LogP contribution in [-0.4, -0.2) is 24.7 Å². The van der Waals surface area contributed by atoms with Crippen molar-refractivity contribution >= 4 is 21.6 Å². The molecule has 0 aliphatic carbocycles. The van der Waals surface area contributed by atoms with Crippen LogP contribution in [0.15, 0.2) is 23.7 Å². The van der Waals surface area contributed by atoms with E-state index < -0.39 is 0 Å². The molecule has 1 aromatic heterocycles. The van der Waals surface area contributed by atoms with Crippen LogP contribution in [0, 0.1) is 5.92 Å². The molecule has 0 amide bonds. The summed E-state index contributed by atoms with van der Waals surface area (Å²) in [5.74, 6) is 0.578. The summed E-state index contributed by atoms with van der Waals surface area (Å²) in [5.41, 5.74) is 4.33. The molecule has 96 valence electrons. The Morgan fingerprint density at radius 3 is 3.17 bits per heavy atom. The molecule has 1 saturated heterocycles. The molecular formula is C14H18N2OS. The Labute approximate surface area is 111 Å². The summed E-state index contributed by atoms with van der Waals surface area (Å²) in [5, 5.41) is 3.60. The van der Waals surface area contributed by atoms with Crippen LogP contribution in [0.3, 0.4) is 0 Å². The Hall–Kier alpha value is -0.970. The van der Waals surface area contributed by atoms with Crippen LogP contribution in [0.25, 0.3) is 10.2 Å². The minimum absolute atomic E-state index is 0.349. The van der Waals surface area contributed by atoms with Crippen LogP contribution in [0.4, 0.5) is 0 Å². The molecule has 1 fully saturated rings. The highest BCUT2D eigenvalue weighted by Crippen LogP contribution is 2.30. The minimum Gasteiger partial charge on any atom is -0.381 e. The third kappa shape index (κ3) is 2.16. The molecule has 1 aromatic carbocycles. The van der Waals surface area contributed by atoms with Crippen molar-refractivity contribution in [1.82, 2.24) is 10.3 Å². The lowest BCUT2D eigenvalue weighted by molar-refractivity contribution is 0.0237. The zero-order valence-corrected chi connectivity index (χ0v) is 11.5. The zero-order valence-electron chi connectivity index (χ0n) is 10.7. The number of hydrogen-bond acceptors (Lipinski definition) is 4. The quantitative estimate of drug-likeness (QED) is 0.903. The monoisotopic (exact) mass is 262 g/mol. The first kappa shape index (κ1) is 12.1. The maximum absolute atomic E-state index is 5.57. The second-order valence-corrected chi connectivity index (χ2v) is 5.91. The second kappa shape index (κ2) is 4.96. The summed E-state index contributed by atoms with van der Waals surface area (Å²) in [6.07, 6.45) is 1.38. The van der Waals surface area contributed by atoms with Gasteiger partial charge in [-0.25, -0.2) is 4.98 Å². The molecule has 2 aromatic rings. The normalized spacial score (nSPS) is 28.7. The van der Waals surface area contributed by atoms with Crippen molar-refractivity contribution in [2.45, 2.75) is 25.5 Å². The molecule has 1 unspecified atom stereocenters. The van der Waals surface area contributed by atoms with Gasteiger partial charge in [0.25, 0.3) is 0 Å². The van der Waals surface area contributed by atoms with Crippen LogP contribution >= 0.6 is 11.3 Å². The first-order chi connectivity index (χ1) is 8.78. The minimum atomic E-state index is 0.349. The number of piperidine rings is 1. The number of benzene rings is 1. The SMILES string of the molecule is COC1C[C@@H](c2ccc3scnc3c2)NC[C@@H]1C. The Bertz CT molecular complexity index is 539. The maximum atomic E-state index is 5.57. The lowest BCUT2D eigenvalue weighted by Crippen LogP contribution is -2.41. The van der Waals surface area contributed by atoms with Gasteiger partial charge in [0.05, 0.1) is 21.8 Å². The molecule has 0 bridgehead atoms. The van der Waals surface area contributed by atoms with E-state index in [1.54, 1.807) is 11.3 Å². The van der Waals surface area contributed by atoms with Crippen molar-refractivity contribution in [3.8, 4) is 0 Å². The topological polar surface area (TPSA) is 34.1 Å². The molecular weight excluding hydrogens is 244 g/mol. The molecule has 0 spiro atoms. The molecule has 1 aliphatic heterocycles. The molecule has 0 saturated carbocycles. The predicted molar refractivity (Wildman–Crippen MR) is 74.9 cm³/mol. The van der Waals surface area contributed by atoms with E-state index in [-0.39, 0.29) is 0 Å². The Morgan fingerprint density at radius 2 is 2.33 bits per heavy atom. The molecule has 18 heavy (non-hydrogen) atoms. The van der Waals surface area contributed by atoms with E-state index in [9.17, 15) is 0 Å². The third-order valence-corrected chi connectivity index (χ3v) is 4.66. The molecule has 1 aliphatic rings. The number of aromatic nitrogens is 1. The zero-order chi connectivity index (χ0) is 12.5. The molecule has 2 heterocycles. The fraction of sp³-hybridized carbons (Fsp3) is 0.500. The standard InChI is InChI=1S/C14H18N2OS/c1-9-7-15-11(6-13(9)17-2)10-3-4-14-12(5-10)16-8-18-14/h3-5,8-9,11,13,15H,6-7H2,1-2H3/t9-,11-,13?/m0/s1. The summed E-state index contributed by atoms with van der Waals surface area (Å²) < 4.78 is 6.83. The average molecular weight is 262 g/mol. The number of hydrogen-bond donors (Lipinski definition) is 1. The maximum Gasteiger partial charge on any atom is 0.0815 e. The summed E-state index contributed by atoms with van der Waals surface area (Å²) >= 11 is 1.69. The fourth-order valence-electron chi connectivity index (χ4n) is 2.68. The molecule has 4 heteroatoms. The summed E-state index contributed by atoms with van der Waals surface area (Å²) in [4.78, 5) is 4.39. The summed E-state index contributed by atoms with van der Waals surface area (Å²) in [6, 6.07) is 6.97. The van der Waals surface area contributed by atoms with Gasteiger partial charge in [0, 0.05) is 19.7 Å². The van der Waals surface area contributed by atoms with Crippen molar-refractivity contribution in [3.63, 3.8) is 0 Å². The number of nitrogens with zero attached hydrogens (tertiary/aromatic N) is 1. The van der Waals surface area contributed by atoms with Gasteiger partial charge in [0.2, 0.25) is 0 Å². The number of thiazole rings is 1. The van der Waals surface area contributed by atoms with Gasteiger partial charge in [-0.05, 0) is 30.0 Å². The van der Waals surface area contributed by atoms with Crippen molar-refractivity contribution < 1.29 is 4.74 Å². The van der Waals surface area contributed by atoms with E-state index in [1.165, 1.54) is 10.3 Å². The largest absolute Gasteiger partial charge is 0.381 e. The number of rotatable bonds is 2. The molecule has 0 radical (unpaired) electrons. The molecule has 3 rings (SSSR count). The van der Waals surface area contributed by atoms with E-state index in [0.29, 0.717) is 18.1 Å². The summed E-state index contributed by atoms with van der Waals surface area (Å²) in [7, 11) is 1.81. The van der Waals surface area contributed by atoms with Crippen molar-refractivity contribution in [1.29, 1.82) is 0 Å². The molecule has 3 nitrogen and oxygen atoms in total. The number of ether oxygens (including phenoxy) is 1. The van der Waals surface area contributed by atoms with Gasteiger partial charge in [0.15, 0.2) is 0 Å². The van der Waals surface area contributed by atoms with Gasteiger partial charge in [-0.3, -0.25) is 0 Å². The first-order valence-electron chi connectivity index (χ1n) is 6.37. The van der Waals surface area contributed by atoms with Crippen LogP contribution in [0.1, 0.15) is 24.9 Å². The Balaban J connectivity index is 1.85. The van der Waals surface area contributed by atoms with Gasteiger partial charge >= 0.3 is 0 Å². The predicted octanol–water partition coefficient (Wildman–Crippen LogP) is 2.98. The molecule has 3 atom stereocenters. The van der Waals surface area contributed by atoms with Crippen LogP contribution in [0.2, 0.25) is 0 Å². The van der Waals surface area contributed by atoms with Crippen LogP contribution in [0.5, 0.6) is 0 Å². The third-order valence-electron chi connectivity index (χ3n) is 3.85. The Morgan fingerprint density at radius 1 is 1.44 bits per heavy atom. The average Bonchev–Trinajstić information content (AvgIpc) is 2.86. The van der Waals surface area contributed by atoms with Crippen molar-refractivity contribution in [3.05, 3.63) is 29.3 Å². The van der Waals surface area contributed by atoms with E-state index in [2.05, 4.69) is 35.4 Å². The molecule has 1 N–H and O–H groups in total. The highest BCUT2D eigenvalue weighted by molar-refractivity contribution is 7.16. The van der Waals surface area contributed by atoms with Crippen LogP contribution < -0.4 is 5.32 Å². The van der Waals surface area contributed by atoms with Gasteiger partial charge in [-0.15, -0.1) is 11.3 Å². The van der Waals surface area contributed by atoms with Crippen molar-refractivity contribution in [2.24, 2.45) is 5.92 Å². The highest BCUT2D eigenvalue weighted by Gasteiger charge is 2.28. The first-order valence-corrected chi connectivity index (χ1v) is 7.25.